The van der Waals surface area contributed by atoms with E-state index in [1.807, 2.05) is 0 Å². The molecule has 0 bridgehead atoms. The molecule has 2 N–H and O–H groups in total. The molecule has 3 heteroatoms. The van der Waals surface area contributed by atoms with Crippen LogP contribution in [-0.2, 0) is 0 Å². The van der Waals surface area contributed by atoms with Crippen LogP contribution < -0.4 is 10.2 Å². The molecule has 0 aromatic heterocycles. The highest BCUT2D eigenvalue weighted by molar-refractivity contribution is 5.54. The van der Waals surface area contributed by atoms with Crippen molar-refractivity contribution < 1.29 is 5.11 Å². The molecule has 0 spiro atoms. The van der Waals surface area contributed by atoms with Crippen LogP contribution in [0.5, 0.6) is 0 Å². The highest BCUT2D eigenvalue weighted by atomic mass is 16.3. The van der Waals surface area contributed by atoms with Gasteiger partial charge in [0.25, 0.3) is 0 Å². The van der Waals surface area contributed by atoms with Gasteiger partial charge in [0.15, 0.2) is 0 Å². The number of rotatable bonds is 2. The quantitative estimate of drug-likeness (QED) is 0.815. The maximum Gasteiger partial charge on any atom is 0.0647 e. The molecule has 1 heterocycles. The van der Waals surface area contributed by atoms with Gasteiger partial charge in [-0.2, -0.15) is 0 Å². The molecule has 17 heavy (non-hydrogen) atoms. The summed E-state index contributed by atoms with van der Waals surface area (Å²) in [6, 6.07) is 8.55. The SMILES string of the molecule is Cc1ccccc1N1CC(C)(C)NCC1CO. The lowest BCUT2D eigenvalue weighted by molar-refractivity contribution is 0.214. The first-order valence-corrected chi connectivity index (χ1v) is 6.22. The molecule has 1 aliphatic rings. The van der Waals surface area contributed by atoms with Crippen molar-refractivity contribution >= 4 is 5.69 Å². The highest BCUT2D eigenvalue weighted by Gasteiger charge is 2.32. The molecular weight excluding hydrogens is 212 g/mol. The second-order valence-corrected chi connectivity index (χ2v) is 5.52. The van der Waals surface area contributed by atoms with Crippen LogP contribution in [-0.4, -0.2) is 36.4 Å². The van der Waals surface area contributed by atoms with Crippen LogP contribution in [0.1, 0.15) is 19.4 Å². The molecule has 0 aliphatic carbocycles. The number of benzene rings is 1. The first-order chi connectivity index (χ1) is 8.03. The van der Waals surface area contributed by atoms with E-state index in [0.29, 0.717) is 0 Å². The Balaban J connectivity index is 2.30. The van der Waals surface area contributed by atoms with Crippen LogP contribution in [0.4, 0.5) is 5.69 Å². The van der Waals surface area contributed by atoms with Crippen LogP contribution in [0.15, 0.2) is 24.3 Å². The van der Waals surface area contributed by atoms with Gasteiger partial charge in [0.1, 0.15) is 0 Å². The highest BCUT2D eigenvalue weighted by Crippen LogP contribution is 2.26. The minimum Gasteiger partial charge on any atom is -0.394 e. The van der Waals surface area contributed by atoms with Crippen LogP contribution in [0.25, 0.3) is 0 Å². The van der Waals surface area contributed by atoms with Gasteiger partial charge in [0.2, 0.25) is 0 Å². The van der Waals surface area contributed by atoms with Crippen molar-refractivity contribution in [2.75, 3.05) is 24.6 Å². The van der Waals surface area contributed by atoms with Gasteiger partial charge < -0.3 is 15.3 Å². The zero-order valence-electron chi connectivity index (χ0n) is 10.9. The number of hydrogen-bond acceptors (Lipinski definition) is 3. The summed E-state index contributed by atoms with van der Waals surface area (Å²) < 4.78 is 0. The van der Waals surface area contributed by atoms with Crippen LogP contribution >= 0.6 is 0 Å². The lowest BCUT2D eigenvalue weighted by atomic mass is 9.97. The Morgan fingerprint density at radius 1 is 1.41 bits per heavy atom. The van der Waals surface area contributed by atoms with Crippen molar-refractivity contribution in [1.82, 2.24) is 5.32 Å². The summed E-state index contributed by atoms with van der Waals surface area (Å²) in [5.74, 6) is 0. The predicted molar refractivity (Wildman–Crippen MR) is 71.5 cm³/mol. The van der Waals surface area contributed by atoms with E-state index in [1.54, 1.807) is 0 Å². The standard InChI is InChI=1S/C14H22N2O/c1-11-6-4-5-7-13(11)16-10-14(2,3)15-8-12(16)9-17/h4-7,12,15,17H,8-10H2,1-3H3. The van der Waals surface area contributed by atoms with Crippen molar-refractivity contribution in [3.8, 4) is 0 Å². The summed E-state index contributed by atoms with van der Waals surface area (Å²) in [5.41, 5.74) is 2.60. The Labute approximate surface area is 103 Å². The van der Waals surface area contributed by atoms with Gasteiger partial charge in [-0.05, 0) is 32.4 Å². The molecule has 1 aromatic rings. The molecule has 3 nitrogen and oxygen atoms in total. The Hall–Kier alpha value is -1.06. The largest absolute Gasteiger partial charge is 0.394 e. The third kappa shape index (κ3) is 2.61. The second-order valence-electron chi connectivity index (χ2n) is 5.52. The van der Waals surface area contributed by atoms with Gasteiger partial charge in [-0.25, -0.2) is 0 Å². The van der Waals surface area contributed by atoms with Gasteiger partial charge >= 0.3 is 0 Å². The third-order valence-corrected chi connectivity index (χ3v) is 3.46. The van der Waals surface area contributed by atoms with Crippen molar-refractivity contribution in [2.24, 2.45) is 0 Å². The smallest absolute Gasteiger partial charge is 0.0647 e. The zero-order chi connectivity index (χ0) is 12.5. The monoisotopic (exact) mass is 234 g/mol. The number of para-hydroxylation sites is 1. The van der Waals surface area contributed by atoms with Gasteiger partial charge in [0.05, 0.1) is 12.6 Å². The topological polar surface area (TPSA) is 35.5 Å². The first kappa shape index (κ1) is 12.4. The first-order valence-electron chi connectivity index (χ1n) is 6.22. The minimum atomic E-state index is 0.0912. The van der Waals surface area contributed by atoms with Crippen molar-refractivity contribution in [1.29, 1.82) is 0 Å². The summed E-state index contributed by atoms with van der Waals surface area (Å²) in [7, 11) is 0. The number of nitrogens with one attached hydrogen (secondary N) is 1. The second kappa shape index (κ2) is 4.67. The van der Waals surface area contributed by atoms with E-state index in [9.17, 15) is 5.11 Å². The number of nitrogens with zero attached hydrogens (tertiary/aromatic N) is 1. The Bertz CT molecular complexity index is 390. The third-order valence-electron chi connectivity index (χ3n) is 3.46. The fourth-order valence-electron chi connectivity index (χ4n) is 2.45. The average molecular weight is 234 g/mol. The van der Waals surface area contributed by atoms with Gasteiger partial charge in [-0.1, -0.05) is 18.2 Å². The van der Waals surface area contributed by atoms with Crippen LogP contribution in [0.2, 0.25) is 0 Å². The van der Waals surface area contributed by atoms with Crippen molar-refractivity contribution in [3.05, 3.63) is 29.8 Å². The molecule has 2 rings (SSSR count). The predicted octanol–water partition coefficient (Wildman–Crippen LogP) is 1.54. The van der Waals surface area contributed by atoms with E-state index in [2.05, 4.69) is 55.3 Å². The number of anilines is 1. The fourth-order valence-corrected chi connectivity index (χ4v) is 2.45. The number of piperazine rings is 1. The van der Waals surface area contributed by atoms with E-state index < -0.39 is 0 Å². The van der Waals surface area contributed by atoms with E-state index in [4.69, 9.17) is 0 Å². The Kier molecular flexibility index (Phi) is 3.40. The molecule has 1 unspecified atom stereocenters. The summed E-state index contributed by atoms with van der Waals surface area (Å²) in [6.07, 6.45) is 0. The number of hydrogen-bond donors (Lipinski definition) is 2. The van der Waals surface area contributed by atoms with E-state index >= 15 is 0 Å². The maximum absolute atomic E-state index is 9.50. The molecule has 0 radical (unpaired) electrons. The minimum absolute atomic E-state index is 0.0912. The molecular formula is C14H22N2O. The lowest BCUT2D eigenvalue weighted by Crippen LogP contribution is -2.63. The van der Waals surface area contributed by atoms with Gasteiger partial charge in [-0.15, -0.1) is 0 Å². The normalized spacial score (nSPS) is 23.8. The van der Waals surface area contributed by atoms with Gasteiger partial charge in [0, 0.05) is 24.3 Å². The summed E-state index contributed by atoms with van der Waals surface area (Å²) in [5, 5.41) is 13.0. The molecule has 1 aliphatic heterocycles. The maximum atomic E-state index is 9.50. The van der Waals surface area contributed by atoms with Crippen molar-refractivity contribution in [2.45, 2.75) is 32.4 Å². The van der Waals surface area contributed by atoms with E-state index in [1.165, 1.54) is 11.3 Å². The molecule has 1 fully saturated rings. The van der Waals surface area contributed by atoms with Crippen LogP contribution in [0.3, 0.4) is 0 Å². The molecule has 0 amide bonds. The Morgan fingerprint density at radius 2 is 2.12 bits per heavy atom. The number of aliphatic hydroxyl groups excluding tert-OH is 1. The molecule has 94 valence electrons. The summed E-state index contributed by atoms with van der Waals surface area (Å²) >= 11 is 0. The lowest BCUT2D eigenvalue weighted by Gasteiger charge is -2.45. The molecule has 0 saturated carbocycles. The fraction of sp³-hybridized carbons (Fsp3) is 0.571. The van der Waals surface area contributed by atoms with Gasteiger partial charge in [-0.3, -0.25) is 0 Å². The van der Waals surface area contributed by atoms with Crippen LogP contribution in [0, 0.1) is 6.92 Å². The summed E-state index contributed by atoms with van der Waals surface area (Å²) in [6.45, 7) is 8.47. The van der Waals surface area contributed by atoms with E-state index in [0.717, 1.165) is 13.1 Å². The summed E-state index contributed by atoms with van der Waals surface area (Å²) in [4.78, 5) is 2.33. The Morgan fingerprint density at radius 3 is 2.76 bits per heavy atom. The number of aliphatic hydroxyl groups is 1. The molecule has 1 aromatic carbocycles. The number of aryl methyl sites for hydroxylation is 1. The average Bonchev–Trinajstić information content (AvgIpc) is 2.28. The van der Waals surface area contributed by atoms with Crippen molar-refractivity contribution in [3.63, 3.8) is 0 Å². The molecule has 1 atom stereocenters. The molecule has 1 saturated heterocycles. The van der Waals surface area contributed by atoms with E-state index in [-0.39, 0.29) is 18.2 Å². The zero-order valence-corrected chi connectivity index (χ0v) is 10.9.